The van der Waals surface area contributed by atoms with Gasteiger partial charge in [-0.25, -0.2) is 0 Å². The summed E-state index contributed by atoms with van der Waals surface area (Å²) in [6.07, 6.45) is 0. The zero-order chi connectivity index (χ0) is 2.00. The molecule has 0 aliphatic heterocycles. The Kier molecular flexibility index (Phi) is 69.0. The summed E-state index contributed by atoms with van der Waals surface area (Å²) >= 11 is 3.56. The second-order valence-corrected chi connectivity index (χ2v) is 0. The molecule has 21 valence electrons. The SMILES string of the molecule is [AlH3].[Ti][Ta].[W]. The Morgan fingerprint density at radius 1 is 1.25 bits per heavy atom. The quantitative estimate of drug-likeness (QED) is 0.414. The largest absolute Gasteiger partial charge is 0 e. The maximum Gasteiger partial charge on any atom is 0 e. The van der Waals surface area contributed by atoms with E-state index in [2.05, 4.69) is 17.1 Å². The Balaban J connectivity index is -0.00000000500. The van der Waals surface area contributed by atoms with Gasteiger partial charge in [-0.05, 0) is 0 Å². The van der Waals surface area contributed by atoms with Crippen LogP contribution in [-0.2, 0) is 55.9 Å². The van der Waals surface area contributed by atoms with E-state index in [1.807, 2.05) is 0 Å². The van der Waals surface area contributed by atoms with Crippen molar-refractivity contribution < 1.29 is 55.9 Å². The fourth-order valence-corrected chi connectivity index (χ4v) is 0. The zero-order valence-electron chi connectivity index (χ0n) is 1.36. The summed E-state index contributed by atoms with van der Waals surface area (Å²) in [5, 5.41) is 0. The molecule has 0 bridgehead atoms. The van der Waals surface area contributed by atoms with Crippen LogP contribution in [0.2, 0.25) is 0 Å². The van der Waals surface area contributed by atoms with E-state index in [4.69, 9.17) is 0 Å². The van der Waals surface area contributed by atoms with Crippen molar-refractivity contribution in [2.24, 2.45) is 0 Å². The third-order valence-electron chi connectivity index (χ3n) is 0. The Hall–Kier alpha value is 2.68. The van der Waals surface area contributed by atoms with Crippen molar-refractivity contribution >= 4 is 17.4 Å². The van der Waals surface area contributed by atoms with Crippen molar-refractivity contribution in [3.63, 3.8) is 0 Å². The predicted molar refractivity (Wildman–Crippen MR) is 9.94 cm³/mol. The molecule has 0 rings (SSSR count). The molecule has 4 heavy (non-hydrogen) atoms. The summed E-state index contributed by atoms with van der Waals surface area (Å²) in [6.45, 7) is 0. The van der Waals surface area contributed by atoms with Crippen LogP contribution in [0, 0.1) is 0 Å². The second-order valence-electron chi connectivity index (χ2n) is 0. The Morgan fingerprint density at radius 2 is 1.25 bits per heavy atom. The van der Waals surface area contributed by atoms with Crippen LogP contribution in [0.3, 0.4) is 0 Å². The molecule has 0 N–H and O–H groups in total. The number of hydrogen-bond acceptors (Lipinski definition) is 0. The maximum atomic E-state index is 2.11. The van der Waals surface area contributed by atoms with Gasteiger partial charge in [0.05, 0.1) is 0 Å². The normalized spacial score (nSPS) is 0.750. The smallest absolute Gasteiger partial charge is 0 e. The van der Waals surface area contributed by atoms with Gasteiger partial charge in [-0.15, -0.1) is 0 Å². The second kappa shape index (κ2) is 17.3. The fraction of sp³-hybridized carbons (Fsp3) is 0. The van der Waals surface area contributed by atoms with E-state index < -0.39 is 0 Å². The summed E-state index contributed by atoms with van der Waals surface area (Å²) in [7, 11) is 0. The van der Waals surface area contributed by atoms with Crippen LogP contribution in [0.15, 0.2) is 0 Å². The van der Waals surface area contributed by atoms with E-state index in [0.717, 1.165) is 0 Å². The fourth-order valence-electron chi connectivity index (χ4n) is 0. The molecule has 0 saturated heterocycles. The summed E-state index contributed by atoms with van der Waals surface area (Å²) in [4.78, 5) is 0. The van der Waals surface area contributed by atoms with Crippen LogP contribution < -0.4 is 0 Å². The molecule has 0 fully saturated rings. The van der Waals surface area contributed by atoms with E-state index in [9.17, 15) is 0 Å². The molecule has 0 aromatic heterocycles. The minimum atomic E-state index is 0. The summed E-state index contributed by atoms with van der Waals surface area (Å²) in [6, 6.07) is 0. The molecule has 0 heterocycles. The minimum Gasteiger partial charge on any atom is 0 e. The average Bonchev–Trinajstić information content (AvgIpc) is 1.00. The minimum absolute atomic E-state index is 0. The standard InChI is InChI=1S/Al.Ta.Ti.W.3H. The first kappa shape index (κ1) is 15.9. The molecule has 0 saturated carbocycles. The molecule has 4 heteroatoms. The van der Waals surface area contributed by atoms with Gasteiger partial charge in [0.1, 0.15) is 0 Å². The molecular weight excluding hydrogens is 440 g/mol. The molecule has 0 radical (unpaired) electrons. The molecule has 0 aromatic carbocycles. The van der Waals surface area contributed by atoms with Gasteiger partial charge >= 0.3 is 34.9 Å². The Labute approximate surface area is 72.0 Å². The van der Waals surface area contributed by atoms with Gasteiger partial charge in [-0.2, -0.15) is 0 Å². The Morgan fingerprint density at radius 3 is 1.25 bits per heavy atom. The molecule has 0 amide bonds. The third kappa shape index (κ3) is 8.82. The molecule has 0 aromatic rings. The van der Waals surface area contributed by atoms with E-state index in [1.165, 1.54) is 17.8 Å². The average molecular weight is 443 g/mol. The van der Waals surface area contributed by atoms with Crippen LogP contribution in [-0.4, -0.2) is 17.4 Å². The zero-order valence-corrected chi connectivity index (χ0v) is 9.06. The van der Waals surface area contributed by atoms with Crippen molar-refractivity contribution in [3.8, 4) is 0 Å². The molecule has 0 unspecified atom stereocenters. The number of rotatable bonds is 0. The summed E-state index contributed by atoms with van der Waals surface area (Å²) in [5.41, 5.74) is 0. The van der Waals surface area contributed by atoms with E-state index >= 15 is 0 Å². The molecule has 0 atom stereocenters. The van der Waals surface area contributed by atoms with Crippen LogP contribution in [0.1, 0.15) is 0 Å². The number of hydrogen-bond donors (Lipinski definition) is 0. The van der Waals surface area contributed by atoms with Crippen molar-refractivity contribution in [3.05, 3.63) is 0 Å². The molecular formula is H3AlTaTiW. The van der Waals surface area contributed by atoms with Gasteiger partial charge in [0.2, 0.25) is 0 Å². The maximum absolute atomic E-state index is 2.11. The van der Waals surface area contributed by atoms with Gasteiger partial charge in [-0.1, -0.05) is 0 Å². The molecule has 0 nitrogen and oxygen atoms in total. The van der Waals surface area contributed by atoms with Gasteiger partial charge < -0.3 is 0 Å². The summed E-state index contributed by atoms with van der Waals surface area (Å²) < 4.78 is 0. The van der Waals surface area contributed by atoms with E-state index in [-0.39, 0.29) is 38.4 Å². The monoisotopic (exact) mass is 443 g/mol. The van der Waals surface area contributed by atoms with Crippen LogP contribution in [0.5, 0.6) is 0 Å². The van der Waals surface area contributed by atoms with Crippen LogP contribution >= 0.6 is 0 Å². The van der Waals surface area contributed by atoms with Gasteiger partial charge in [-0.3, -0.25) is 0 Å². The third-order valence-corrected chi connectivity index (χ3v) is 0. The van der Waals surface area contributed by atoms with Crippen molar-refractivity contribution in [2.45, 2.75) is 0 Å². The van der Waals surface area contributed by atoms with Crippen LogP contribution in [0.25, 0.3) is 0 Å². The van der Waals surface area contributed by atoms with E-state index in [0.29, 0.717) is 0 Å². The van der Waals surface area contributed by atoms with Crippen LogP contribution in [0.4, 0.5) is 0 Å². The van der Waals surface area contributed by atoms with Crippen molar-refractivity contribution in [1.29, 1.82) is 0 Å². The first-order chi connectivity index (χ1) is 1.00. The first-order valence-electron chi connectivity index (χ1n) is 0.224. The van der Waals surface area contributed by atoms with Crippen molar-refractivity contribution in [2.75, 3.05) is 0 Å². The predicted octanol–water partition coefficient (Wildman–Crippen LogP) is -1.19. The summed E-state index contributed by atoms with van der Waals surface area (Å²) in [5.74, 6) is 0. The molecule has 0 spiro atoms. The molecule has 0 aliphatic carbocycles. The first-order valence-corrected chi connectivity index (χ1v) is 7.55. The van der Waals surface area contributed by atoms with Gasteiger partial charge in [0, 0.05) is 21.1 Å². The topological polar surface area (TPSA) is 0 Å². The van der Waals surface area contributed by atoms with Gasteiger partial charge in [0.25, 0.3) is 0 Å². The Bertz CT molecular complexity index is 8.00. The van der Waals surface area contributed by atoms with Gasteiger partial charge in [0.15, 0.2) is 17.4 Å². The molecule has 0 aliphatic rings. The van der Waals surface area contributed by atoms with Crippen molar-refractivity contribution in [1.82, 2.24) is 0 Å². The van der Waals surface area contributed by atoms with E-state index in [1.54, 1.807) is 0 Å².